The van der Waals surface area contributed by atoms with E-state index >= 15 is 0 Å². The molecule has 0 unspecified atom stereocenters. The number of para-hydroxylation sites is 1. The Morgan fingerprint density at radius 1 is 0.689 bits per heavy atom. The number of benzene rings is 3. The average Bonchev–Trinajstić information content (AvgIpc) is 3.79. The van der Waals surface area contributed by atoms with E-state index in [2.05, 4.69) is 86.3 Å². The molecule has 0 spiro atoms. The summed E-state index contributed by atoms with van der Waals surface area (Å²) in [4.78, 5) is 18.3. The van der Waals surface area contributed by atoms with Crippen LogP contribution in [0.15, 0.2) is 131 Å². The zero-order chi connectivity index (χ0) is 29.9. The Morgan fingerprint density at radius 2 is 1.53 bits per heavy atom. The number of hydrazone groups is 1. The topological polar surface area (TPSA) is 78.8 Å². The number of anilines is 4. The molecule has 9 nitrogen and oxygen atoms in total. The van der Waals surface area contributed by atoms with E-state index in [0.29, 0.717) is 17.8 Å². The summed E-state index contributed by atoms with van der Waals surface area (Å²) in [6, 6.07) is 35.3. The lowest BCUT2D eigenvalue weighted by atomic mass is 10.1. The number of rotatable bonds is 5. The highest BCUT2D eigenvalue weighted by molar-refractivity contribution is 6.11. The Bertz CT molecular complexity index is 2410. The molecule has 0 bridgehead atoms. The van der Waals surface area contributed by atoms with Gasteiger partial charge in [0.15, 0.2) is 11.2 Å². The van der Waals surface area contributed by atoms with Crippen molar-refractivity contribution >= 4 is 73.1 Å². The molecule has 0 saturated heterocycles. The summed E-state index contributed by atoms with van der Waals surface area (Å²) in [5.74, 6) is 0.861. The molecule has 5 aromatic heterocycles. The van der Waals surface area contributed by atoms with Crippen LogP contribution in [0.1, 0.15) is 0 Å². The number of hydrogen-bond donors (Lipinski definition) is 0. The first-order valence-electron chi connectivity index (χ1n) is 14.7. The quantitative estimate of drug-likeness (QED) is 0.202. The molecular weight excluding hydrogens is 560 g/mol. The van der Waals surface area contributed by atoms with Crippen LogP contribution in [0.4, 0.5) is 22.7 Å². The summed E-state index contributed by atoms with van der Waals surface area (Å²) in [5, 5.41) is 8.89. The van der Waals surface area contributed by atoms with Gasteiger partial charge in [-0.25, -0.2) is 9.99 Å². The van der Waals surface area contributed by atoms with Crippen molar-refractivity contribution in [3.8, 4) is 5.82 Å². The largest absolute Gasteiger partial charge is 0.450 e. The van der Waals surface area contributed by atoms with E-state index in [9.17, 15) is 0 Å². The highest BCUT2D eigenvalue weighted by Gasteiger charge is 2.23. The van der Waals surface area contributed by atoms with Crippen molar-refractivity contribution in [2.24, 2.45) is 5.10 Å². The molecule has 0 saturated carbocycles. The molecular formula is C36H26N8O. The second-order valence-electron chi connectivity index (χ2n) is 11.1. The van der Waals surface area contributed by atoms with Gasteiger partial charge in [-0.05, 0) is 66.7 Å². The first kappa shape index (κ1) is 25.3. The number of aromatic nitrogens is 4. The molecule has 1 aliphatic rings. The van der Waals surface area contributed by atoms with Crippen LogP contribution in [0.25, 0.3) is 49.8 Å². The van der Waals surface area contributed by atoms with Crippen molar-refractivity contribution in [2.75, 3.05) is 23.6 Å². The molecule has 6 heterocycles. The van der Waals surface area contributed by atoms with Crippen LogP contribution < -0.4 is 9.91 Å². The number of nitrogens with zero attached hydrogens (tertiary/aromatic N) is 8. The molecule has 0 radical (unpaired) electrons. The first-order valence-corrected chi connectivity index (χ1v) is 14.7. The Hall–Kier alpha value is -6.22. The van der Waals surface area contributed by atoms with Crippen molar-refractivity contribution in [2.45, 2.75) is 0 Å². The van der Waals surface area contributed by atoms with E-state index in [1.807, 2.05) is 72.1 Å². The minimum absolute atomic E-state index is 0.667. The fourth-order valence-electron chi connectivity index (χ4n) is 6.28. The van der Waals surface area contributed by atoms with Crippen molar-refractivity contribution < 1.29 is 4.42 Å². The second-order valence-corrected chi connectivity index (χ2v) is 11.1. The van der Waals surface area contributed by atoms with Crippen LogP contribution in [0, 0.1) is 0 Å². The third kappa shape index (κ3) is 4.01. The molecule has 0 N–H and O–H groups in total. The average molecular weight is 587 g/mol. The monoisotopic (exact) mass is 586 g/mol. The van der Waals surface area contributed by atoms with E-state index in [1.54, 1.807) is 6.20 Å². The summed E-state index contributed by atoms with van der Waals surface area (Å²) >= 11 is 0. The van der Waals surface area contributed by atoms with Gasteiger partial charge in [0.25, 0.3) is 0 Å². The summed E-state index contributed by atoms with van der Waals surface area (Å²) in [6.45, 7) is 0.675. The highest BCUT2D eigenvalue weighted by Crippen LogP contribution is 2.43. The predicted octanol–water partition coefficient (Wildman–Crippen LogP) is 7.99. The normalized spacial score (nSPS) is 13.2. The van der Waals surface area contributed by atoms with Crippen LogP contribution in [-0.4, -0.2) is 44.5 Å². The zero-order valence-electron chi connectivity index (χ0n) is 24.3. The molecule has 0 aliphatic carbocycles. The van der Waals surface area contributed by atoms with E-state index in [4.69, 9.17) is 14.4 Å². The van der Waals surface area contributed by atoms with Crippen LogP contribution >= 0.6 is 0 Å². The molecule has 9 heteroatoms. The van der Waals surface area contributed by atoms with Gasteiger partial charge >= 0.3 is 0 Å². The maximum atomic E-state index is 6.46. The third-order valence-corrected chi connectivity index (χ3v) is 8.26. The van der Waals surface area contributed by atoms with Gasteiger partial charge in [-0.1, -0.05) is 36.4 Å². The first-order chi connectivity index (χ1) is 22.2. The van der Waals surface area contributed by atoms with E-state index < -0.39 is 0 Å². The molecule has 0 atom stereocenters. The van der Waals surface area contributed by atoms with Crippen molar-refractivity contribution in [3.63, 3.8) is 0 Å². The van der Waals surface area contributed by atoms with Gasteiger partial charge in [0.05, 0.1) is 22.4 Å². The van der Waals surface area contributed by atoms with Gasteiger partial charge in [-0.15, -0.1) is 0 Å². The van der Waals surface area contributed by atoms with Gasteiger partial charge in [0, 0.05) is 47.8 Å². The maximum absolute atomic E-state index is 6.46. The van der Waals surface area contributed by atoms with Crippen molar-refractivity contribution in [1.29, 1.82) is 0 Å². The second kappa shape index (κ2) is 9.92. The summed E-state index contributed by atoms with van der Waals surface area (Å²) in [6.07, 6.45) is 7.26. The highest BCUT2D eigenvalue weighted by atomic mass is 16.3. The summed E-state index contributed by atoms with van der Waals surface area (Å²) < 4.78 is 8.68. The van der Waals surface area contributed by atoms with Gasteiger partial charge in [0.2, 0.25) is 0 Å². The van der Waals surface area contributed by atoms with Crippen LogP contribution in [0.3, 0.4) is 0 Å². The van der Waals surface area contributed by atoms with Crippen molar-refractivity contribution in [3.05, 3.63) is 122 Å². The number of hydrogen-bond acceptors (Lipinski definition) is 8. The molecule has 0 amide bonds. The SMILES string of the molecule is CN1C=NN(c2cccc(N(c3ccc4c5ccccc5n(-c5ccccn5)c4c3)c3ccnc4c3oc3cccnc34)c2)C1. The molecule has 45 heavy (non-hydrogen) atoms. The van der Waals surface area contributed by atoms with E-state index in [1.165, 1.54) is 5.39 Å². The smallest absolute Gasteiger partial charge is 0.179 e. The van der Waals surface area contributed by atoms with E-state index in [-0.39, 0.29) is 0 Å². The summed E-state index contributed by atoms with van der Waals surface area (Å²) in [5.41, 5.74) is 8.73. The molecule has 0 fully saturated rings. The Balaban J connectivity index is 1.32. The Morgan fingerprint density at radius 3 is 2.42 bits per heavy atom. The van der Waals surface area contributed by atoms with Crippen LogP contribution in [-0.2, 0) is 0 Å². The molecule has 9 rings (SSSR count). The lowest BCUT2D eigenvalue weighted by molar-refractivity contribution is 0.549. The molecule has 8 aromatic rings. The minimum Gasteiger partial charge on any atom is -0.450 e. The molecule has 1 aliphatic heterocycles. The van der Waals surface area contributed by atoms with Gasteiger partial charge in [0.1, 0.15) is 29.9 Å². The lowest BCUT2D eigenvalue weighted by Gasteiger charge is -2.27. The van der Waals surface area contributed by atoms with Gasteiger partial charge in [-0.2, -0.15) is 5.10 Å². The zero-order valence-corrected chi connectivity index (χ0v) is 24.3. The summed E-state index contributed by atoms with van der Waals surface area (Å²) in [7, 11) is 2.01. The molecule has 3 aromatic carbocycles. The maximum Gasteiger partial charge on any atom is 0.179 e. The van der Waals surface area contributed by atoms with E-state index in [0.717, 1.165) is 56.0 Å². The fraction of sp³-hybridized carbons (Fsp3) is 0.0556. The number of pyridine rings is 3. The van der Waals surface area contributed by atoms with Crippen LogP contribution in [0.2, 0.25) is 0 Å². The van der Waals surface area contributed by atoms with Crippen LogP contribution in [0.5, 0.6) is 0 Å². The Labute approximate surface area is 257 Å². The predicted molar refractivity (Wildman–Crippen MR) is 180 cm³/mol. The Kier molecular flexibility index (Phi) is 5.58. The van der Waals surface area contributed by atoms with Crippen molar-refractivity contribution in [1.82, 2.24) is 24.4 Å². The third-order valence-electron chi connectivity index (χ3n) is 8.26. The number of fused-ring (bicyclic) bond motifs is 6. The lowest BCUT2D eigenvalue weighted by Crippen LogP contribution is -2.22. The van der Waals surface area contributed by atoms with Gasteiger partial charge < -0.3 is 14.2 Å². The minimum atomic E-state index is 0.667. The standard InChI is InChI=1S/C36H26N8O/c1-41-22-40-42(23-41)24-8-6-9-25(20-24)43(30-16-19-39-35-34-32(45-36(30)35)12-7-18-38-34)26-14-15-28-27-10-2-3-11-29(27)44(31(28)21-26)33-13-4-5-17-37-33/h2-22H,23H2,1H3. The number of furan rings is 1. The fourth-order valence-corrected chi connectivity index (χ4v) is 6.28. The van der Waals surface area contributed by atoms with Gasteiger partial charge in [-0.3, -0.25) is 14.5 Å². The molecule has 216 valence electrons.